The Morgan fingerprint density at radius 1 is 1.22 bits per heavy atom. The Labute approximate surface area is 185 Å². The van der Waals surface area contributed by atoms with Crippen LogP contribution in [0.4, 0.5) is 8.78 Å². The number of carbonyl (C=O) groups is 2. The molecule has 0 bridgehead atoms. The Bertz CT molecular complexity index is 960. The molecule has 9 atom stereocenters. The van der Waals surface area contributed by atoms with Crippen LogP contribution in [0.3, 0.4) is 0 Å². The Hall–Kier alpha value is -1.48. The van der Waals surface area contributed by atoms with Gasteiger partial charge in [0.25, 0.3) is 0 Å². The molecule has 0 radical (unpaired) electrons. The number of aliphatic hydroxyl groups is 2. The number of hydrogen-bond acceptors (Lipinski definition) is 6. The summed E-state index contributed by atoms with van der Waals surface area (Å²) in [5, 5.41) is 21.1. The summed E-state index contributed by atoms with van der Waals surface area (Å²) < 4.78 is 44.8. The molecule has 176 valence electrons. The number of ketones is 2. The van der Waals surface area contributed by atoms with Gasteiger partial charge in [-0.3, -0.25) is 9.59 Å². The van der Waals surface area contributed by atoms with E-state index in [4.69, 9.17) is 9.47 Å². The summed E-state index contributed by atoms with van der Waals surface area (Å²) in [6.45, 7) is 5.87. The molecule has 2 N–H and O–H groups in total. The summed E-state index contributed by atoms with van der Waals surface area (Å²) in [6.07, 6.45) is -0.151. The maximum Gasteiger partial charge on any atom is 0.193 e. The Kier molecular flexibility index (Phi) is 4.42. The fraction of sp³-hybridized carbons (Fsp3) is 0.750. The van der Waals surface area contributed by atoms with Crippen LogP contribution in [0.2, 0.25) is 0 Å². The van der Waals surface area contributed by atoms with Crippen LogP contribution in [0, 0.1) is 22.7 Å². The van der Waals surface area contributed by atoms with Gasteiger partial charge in [-0.15, -0.1) is 0 Å². The Morgan fingerprint density at radius 3 is 2.56 bits per heavy atom. The van der Waals surface area contributed by atoms with E-state index < -0.39 is 76.3 Å². The highest BCUT2D eigenvalue weighted by molar-refractivity contribution is 6.01. The molecule has 0 spiro atoms. The number of alkyl halides is 2. The van der Waals surface area contributed by atoms with Gasteiger partial charge in [-0.1, -0.05) is 13.0 Å². The van der Waals surface area contributed by atoms with Gasteiger partial charge in [0.15, 0.2) is 28.6 Å². The first kappa shape index (κ1) is 22.3. The minimum atomic E-state index is -2.24. The van der Waals surface area contributed by atoms with Crippen LogP contribution in [-0.2, 0) is 19.1 Å². The van der Waals surface area contributed by atoms with E-state index in [-0.39, 0.29) is 24.8 Å². The van der Waals surface area contributed by atoms with Crippen molar-refractivity contribution >= 4 is 11.6 Å². The van der Waals surface area contributed by atoms with Crippen molar-refractivity contribution < 1.29 is 38.1 Å². The second kappa shape index (κ2) is 6.34. The van der Waals surface area contributed by atoms with E-state index in [9.17, 15) is 19.8 Å². The normalized spacial score (nSPS) is 53.2. The van der Waals surface area contributed by atoms with Gasteiger partial charge in [0.1, 0.15) is 12.8 Å². The monoisotopic (exact) mass is 452 g/mol. The zero-order valence-electron chi connectivity index (χ0n) is 18.7. The van der Waals surface area contributed by atoms with E-state index in [1.807, 2.05) is 0 Å². The highest BCUT2D eigenvalue weighted by atomic mass is 19.1. The molecule has 1 aliphatic heterocycles. The van der Waals surface area contributed by atoms with Crippen LogP contribution >= 0.6 is 0 Å². The molecule has 32 heavy (non-hydrogen) atoms. The average Bonchev–Trinajstić information content (AvgIpc) is 3.11. The summed E-state index contributed by atoms with van der Waals surface area (Å²) in [7, 11) is 0. The molecule has 0 aromatic rings. The zero-order valence-corrected chi connectivity index (χ0v) is 18.7. The fourth-order valence-electron chi connectivity index (χ4n) is 7.92. The summed E-state index contributed by atoms with van der Waals surface area (Å²) in [4.78, 5) is 25.1. The quantitative estimate of drug-likeness (QED) is 0.668. The molecule has 3 saturated carbocycles. The van der Waals surface area contributed by atoms with Gasteiger partial charge in [0.05, 0.1) is 12.2 Å². The smallest absolute Gasteiger partial charge is 0.193 e. The molecular weight excluding hydrogens is 422 g/mol. The number of fused-ring (bicyclic) bond motifs is 7. The van der Waals surface area contributed by atoms with Crippen molar-refractivity contribution in [2.24, 2.45) is 22.7 Å². The molecule has 8 heteroatoms. The predicted octanol–water partition coefficient (Wildman–Crippen LogP) is 2.37. The molecule has 5 aliphatic rings. The van der Waals surface area contributed by atoms with Gasteiger partial charge < -0.3 is 19.7 Å². The number of allylic oxidation sites excluding steroid dienone is 4. The van der Waals surface area contributed by atoms with E-state index in [1.54, 1.807) is 20.8 Å². The molecule has 1 heterocycles. The van der Waals surface area contributed by atoms with Crippen LogP contribution in [0.1, 0.15) is 47.0 Å². The van der Waals surface area contributed by atoms with Crippen LogP contribution in [0.5, 0.6) is 0 Å². The topological polar surface area (TPSA) is 93.1 Å². The van der Waals surface area contributed by atoms with Crippen molar-refractivity contribution in [2.75, 3.05) is 6.61 Å². The predicted molar refractivity (Wildman–Crippen MR) is 109 cm³/mol. The van der Waals surface area contributed by atoms with Crippen LogP contribution in [0.25, 0.3) is 0 Å². The molecule has 0 aromatic heterocycles. The fourth-order valence-corrected chi connectivity index (χ4v) is 7.92. The molecule has 0 unspecified atom stereocenters. The highest BCUT2D eigenvalue weighted by Gasteiger charge is 2.80. The minimum Gasteiger partial charge on any atom is -0.390 e. The number of rotatable bonds is 2. The lowest BCUT2D eigenvalue weighted by molar-refractivity contribution is -0.248. The number of ether oxygens (including phenoxy) is 2. The maximum atomic E-state index is 17.1. The van der Waals surface area contributed by atoms with Crippen LogP contribution < -0.4 is 0 Å². The lowest BCUT2D eigenvalue weighted by Gasteiger charge is -2.63. The SMILES string of the molecule is CC1(C)O[C@@H]2C[C@@H]3[C@@H]4C[C@H](F)C5=CC(=O)C=C[C@]5(C)[C@@]4(F)[C@H](O)C[C@]3(C)[C@]2(C(=O)CO)O1. The van der Waals surface area contributed by atoms with Gasteiger partial charge in [-0.05, 0) is 63.7 Å². The molecule has 4 aliphatic carbocycles. The van der Waals surface area contributed by atoms with Crippen molar-refractivity contribution in [3.63, 3.8) is 0 Å². The molecule has 1 saturated heterocycles. The number of aliphatic hydroxyl groups excluding tert-OH is 2. The second-order valence-electron chi connectivity index (χ2n) is 11.0. The first-order valence-corrected chi connectivity index (χ1v) is 11.3. The molecule has 6 nitrogen and oxygen atoms in total. The summed E-state index contributed by atoms with van der Waals surface area (Å²) in [5.74, 6) is -3.53. The van der Waals surface area contributed by atoms with Crippen molar-refractivity contribution in [1.29, 1.82) is 0 Å². The standard InChI is InChI=1S/C24H30F2O6/c1-20(2)31-19-9-13-14-8-16(25)15-7-12(28)5-6-21(15,3)23(14,26)17(29)10-22(13,4)24(19,32-20)18(30)11-27/h5-7,13-14,16-17,19,27,29H,8-11H2,1-4H3/t13-,14+,16+,17-,19-,21+,22+,23+,24-/m1/s1. The number of halogens is 2. The lowest BCUT2D eigenvalue weighted by Crippen LogP contribution is -2.71. The minimum absolute atomic E-state index is 0.0550. The third kappa shape index (κ3) is 2.32. The largest absolute Gasteiger partial charge is 0.390 e. The van der Waals surface area contributed by atoms with Crippen molar-refractivity contribution in [3.8, 4) is 0 Å². The van der Waals surface area contributed by atoms with Gasteiger partial charge in [0.2, 0.25) is 0 Å². The van der Waals surface area contributed by atoms with E-state index in [0.29, 0.717) is 0 Å². The van der Waals surface area contributed by atoms with E-state index in [1.165, 1.54) is 19.1 Å². The molecule has 4 fully saturated rings. The summed E-state index contributed by atoms with van der Waals surface area (Å²) >= 11 is 0. The van der Waals surface area contributed by atoms with Crippen LogP contribution in [-0.4, -0.2) is 63.8 Å². The first-order chi connectivity index (χ1) is 14.8. The number of Topliss-reactive ketones (excluding diaryl/α,β-unsaturated/α-hetero) is 1. The zero-order chi connectivity index (χ0) is 23.5. The van der Waals surface area contributed by atoms with Crippen molar-refractivity contribution in [1.82, 2.24) is 0 Å². The molecule has 0 aromatic carbocycles. The number of hydrogen-bond donors (Lipinski definition) is 2. The number of carbonyl (C=O) groups excluding carboxylic acids is 2. The van der Waals surface area contributed by atoms with Gasteiger partial charge in [-0.2, -0.15) is 0 Å². The Morgan fingerprint density at radius 2 is 1.91 bits per heavy atom. The lowest BCUT2D eigenvalue weighted by atomic mass is 9.44. The van der Waals surface area contributed by atoms with Crippen LogP contribution in [0.15, 0.2) is 23.8 Å². The first-order valence-electron chi connectivity index (χ1n) is 11.3. The third-order valence-electron chi connectivity index (χ3n) is 9.18. The van der Waals surface area contributed by atoms with Gasteiger partial charge in [-0.25, -0.2) is 8.78 Å². The van der Waals surface area contributed by atoms with Gasteiger partial charge >= 0.3 is 0 Å². The molecule has 5 rings (SSSR count). The molecular formula is C24H30F2O6. The average molecular weight is 452 g/mol. The second-order valence-corrected chi connectivity index (χ2v) is 11.0. The van der Waals surface area contributed by atoms with Gasteiger partial charge in [0, 0.05) is 16.7 Å². The Balaban J connectivity index is 1.66. The van der Waals surface area contributed by atoms with Crippen molar-refractivity contribution in [3.05, 3.63) is 23.8 Å². The molecule has 0 amide bonds. The third-order valence-corrected chi connectivity index (χ3v) is 9.18. The summed E-state index contributed by atoms with van der Waals surface area (Å²) in [5.41, 5.74) is -6.30. The summed E-state index contributed by atoms with van der Waals surface area (Å²) in [6, 6.07) is 0. The van der Waals surface area contributed by atoms with E-state index >= 15 is 8.78 Å². The van der Waals surface area contributed by atoms with Crippen molar-refractivity contribution in [2.45, 2.75) is 82.4 Å². The van der Waals surface area contributed by atoms with E-state index in [0.717, 1.165) is 6.08 Å². The highest BCUT2D eigenvalue weighted by Crippen LogP contribution is 2.72. The maximum absolute atomic E-state index is 17.1. The van der Waals surface area contributed by atoms with E-state index in [2.05, 4.69) is 0 Å².